The van der Waals surface area contributed by atoms with E-state index in [0.717, 1.165) is 11.1 Å². The molecule has 0 atom stereocenters. The summed E-state index contributed by atoms with van der Waals surface area (Å²) in [5.41, 5.74) is 1.23. The van der Waals surface area contributed by atoms with E-state index in [4.69, 9.17) is 23.2 Å². The maximum atomic E-state index is 9.94. The van der Waals surface area contributed by atoms with Crippen molar-refractivity contribution in [3.63, 3.8) is 0 Å². The van der Waals surface area contributed by atoms with Crippen molar-refractivity contribution in [2.75, 3.05) is 0 Å². The van der Waals surface area contributed by atoms with E-state index in [1.165, 1.54) is 0 Å². The fourth-order valence-corrected chi connectivity index (χ4v) is 4.31. The summed E-state index contributed by atoms with van der Waals surface area (Å²) in [7, 11) is 0. The van der Waals surface area contributed by atoms with E-state index < -0.39 is 5.41 Å². The summed E-state index contributed by atoms with van der Waals surface area (Å²) >= 11 is 19.2. The zero-order valence-corrected chi connectivity index (χ0v) is 15.9. The van der Waals surface area contributed by atoms with Gasteiger partial charge in [0.2, 0.25) is 0 Å². The van der Waals surface area contributed by atoms with E-state index in [-0.39, 0.29) is 16.5 Å². The van der Waals surface area contributed by atoms with Gasteiger partial charge in [0.25, 0.3) is 0 Å². The molecule has 0 aliphatic carbocycles. The van der Waals surface area contributed by atoms with E-state index in [2.05, 4.69) is 31.9 Å². The number of hydrogen-bond acceptors (Lipinski definition) is 2. The molecule has 0 aliphatic rings. The zero-order chi connectivity index (χ0) is 15.9. The first-order chi connectivity index (χ1) is 9.67. The topological polar surface area (TPSA) is 40.5 Å². The van der Waals surface area contributed by atoms with Crippen LogP contribution in [0.15, 0.2) is 33.2 Å². The number of phenols is 2. The monoisotopic (exact) mass is 452 g/mol. The minimum Gasteiger partial charge on any atom is -0.508 e. The van der Waals surface area contributed by atoms with Crippen LogP contribution in [-0.4, -0.2) is 10.2 Å². The van der Waals surface area contributed by atoms with E-state index >= 15 is 0 Å². The van der Waals surface area contributed by atoms with E-state index in [1.54, 1.807) is 12.1 Å². The minimum absolute atomic E-state index is 0.0983. The molecule has 0 bridgehead atoms. The van der Waals surface area contributed by atoms with Gasteiger partial charge in [0, 0.05) is 9.89 Å². The van der Waals surface area contributed by atoms with E-state index in [1.807, 2.05) is 26.0 Å². The Hall–Kier alpha value is -0.420. The fraction of sp³-hybridized carbons (Fsp3) is 0.200. The van der Waals surface area contributed by atoms with Crippen molar-refractivity contribution in [3.05, 3.63) is 54.4 Å². The third-order valence-electron chi connectivity index (χ3n) is 3.45. The van der Waals surface area contributed by atoms with Crippen LogP contribution < -0.4 is 0 Å². The molecule has 21 heavy (non-hydrogen) atoms. The maximum Gasteiger partial charge on any atom is 0.151 e. The number of benzene rings is 2. The van der Waals surface area contributed by atoms with Crippen LogP contribution in [0.5, 0.6) is 11.5 Å². The van der Waals surface area contributed by atoms with Crippen molar-refractivity contribution >= 4 is 55.1 Å². The van der Waals surface area contributed by atoms with Crippen molar-refractivity contribution < 1.29 is 10.2 Å². The lowest BCUT2D eigenvalue weighted by Crippen LogP contribution is -2.20. The number of phenolic OH excluding ortho intramolecular Hbond substituents is 2. The molecule has 112 valence electrons. The molecule has 0 unspecified atom stereocenters. The molecule has 0 heterocycles. The predicted octanol–water partition coefficient (Wildman–Crippen LogP) is 6.26. The fourth-order valence-electron chi connectivity index (χ4n) is 2.19. The second-order valence-electron chi connectivity index (χ2n) is 5.15. The van der Waals surface area contributed by atoms with Gasteiger partial charge in [-0.3, -0.25) is 0 Å². The molecule has 2 rings (SSSR count). The van der Waals surface area contributed by atoms with E-state index in [0.29, 0.717) is 14.0 Å². The van der Waals surface area contributed by atoms with Crippen molar-refractivity contribution in [3.8, 4) is 11.5 Å². The molecule has 0 spiro atoms. The highest BCUT2D eigenvalue weighted by atomic mass is 79.9. The average molecular weight is 455 g/mol. The van der Waals surface area contributed by atoms with Crippen LogP contribution in [0, 0.1) is 0 Å². The summed E-state index contributed by atoms with van der Waals surface area (Å²) in [5, 5.41) is 19.8. The highest BCUT2D eigenvalue weighted by molar-refractivity contribution is 9.13. The van der Waals surface area contributed by atoms with Crippen LogP contribution in [0.4, 0.5) is 0 Å². The summed E-state index contributed by atoms with van der Waals surface area (Å²) in [6.45, 7) is 3.98. The zero-order valence-electron chi connectivity index (χ0n) is 11.2. The van der Waals surface area contributed by atoms with Gasteiger partial charge in [-0.1, -0.05) is 49.2 Å². The molecule has 0 radical (unpaired) electrons. The lowest BCUT2D eigenvalue weighted by Gasteiger charge is -2.29. The van der Waals surface area contributed by atoms with Crippen LogP contribution in [-0.2, 0) is 5.41 Å². The van der Waals surface area contributed by atoms with Gasteiger partial charge in [-0.05, 0) is 55.1 Å². The van der Waals surface area contributed by atoms with Gasteiger partial charge in [-0.25, -0.2) is 0 Å². The van der Waals surface area contributed by atoms with Gasteiger partial charge in [0.05, 0.1) is 9.50 Å². The third kappa shape index (κ3) is 2.91. The first-order valence-electron chi connectivity index (χ1n) is 6.02. The molecular weight excluding hydrogens is 443 g/mol. The SMILES string of the molecule is CC(C)(c1ccc(O)cc1)c1c(Cl)c(Cl)c(O)c(Br)c1Br. The molecular formula is C15H12Br2Cl2O2. The van der Waals surface area contributed by atoms with Gasteiger partial charge in [-0.15, -0.1) is 0 Å². The first-order valence-corrected chi connectivity index (χ1v) is 8.37. The Labute approximate surface area is 150 Å². The number of halogens is 4. The maximum absolute atomic E-state index is 9.94. The van der Waals surface area contributed by atoms with Crippen LogP contribution in [0.25, 0.3) is 0 Å². The Morgan fingerprint density at radius 2 is 1.43 bits per heavy atom. The number of aromatic hydroxyl groups is 2. The van der Waals surface area contributed by atoms with E-state index in [9.17, 15) is 10.2 Å². The summed E-state index contributed by atoms with van der Waals surface area (Å²) < 4.78 is 1.10. The van der Waals surface area contributed by atoms with Crippen molar-refractivity contribution in [2.45, 2.75) is 19.3 Å². The van der Waals surface area contributed by atoms with Gasteiger partial charge < -0.3 is 10.2 Å². The summed E-state index contributed by atoms with van der Waals surface area (Å²) in [6.07, 6.45) is 0. The van der Waals surface area contributed by atoms with Crippen molar-refractivity contribution in [1.82, 2.24) is 0 Å². The average Bonchev–Trinajstić information content (AvgIpc) is 2.43. The highest BCUT2D eigenvalue weighted by Gasteiger charge is 2.32. The summed E-state index contributed by atoms with van der Waals surface area (Å²) in [4.78, 5) is 0. The van der Waals surface area contributed by atoms with Gasteiger partial charge in [-0.2, -0.15) is 0 Å². The molecule has 2 nitrogen and oxygen atoms in total. The number of rotatable bonds is 2. The third-order valence-corrected chi connectivity index (χ3v) is 6.39. The molecule has 2 aromatic carbocycles. The molecule has 0 amide bonds. The van der Waals surface area contributed by atoms with Crippen LogP contribution in [0.1, 0.15) is 25.0 Å². The molecule has 0 fully saturated rings. The van der Waals surface area contributed by atoms with Gasteiger partial charge in [0.1, 0.15) is 10.8 Å². The Morgan fingerprint density at radius 3 is 1.95 bits per heavy atom. The standard InChI is InChI=1S/C15H12Br2Cl2O2/c1-15(2,7-3-5-8(20)6-4-7)9-10(16)11(17)14(21)13(19)12(9)18/h3-6,20-21H,1-2H3. The van der Waals surface area contributed by atoms with Crippen LogP contribution >= 0.6 is 55.1 Å². The van der Waals surface area contributed by atoms with Gasteiger partial charge >= 0.3 is 0 Å². The molecule has 2 N–H and O–H groups in total. The summed E-state index contributed by atoms with van der Waals surface area (Å²) in [6, 6.07) is 6.89. The lowest BCUT2D eigenvalue weighted by molar-refractivity contribution is 0.470. The minimum atomic E-state index is -0.483. The summed E-state index contributed by atoms with van der Waals surface area (Å²) in [5.74, 6) is 0.100. The molecule has 0 saturated heterocycles. The van der Waals surface area contributed by atoms with Crippen molar-refractivity contribution in [2.24, 2.45) is 0 Å². The quantitative estimate of drug-likeness (QED) is 0.526. The molecule has 0 aliphatic heterocycles. The highest BCUT2D eigenvalue weighted by Crippen LogP contribution is 2.50. The first kappa shape index (κ1) is 16.9. The molecule has 2 aromatic rings. The largest absolute Gasteiger partial charge is 0.508 e. The normalized spacial score (nSPS) is 11.7. The van der Waals surface area contributed by atoms with Crippen LogP contribution in [0.3, 0.4) is 0 Å². The van der Waals surface area contributed by atoms with Crippen molar-refractivity contribution in [1.29, 1.82) is 0 Å². The Bertz CT molecular complexity index is 669. The van der Waals surface area contributed by atoms with Gasteiger partial charge in [0.15, 0.2) is 5.75 Å². The second kappa shape index (κ2) is 5.99. The Kier molecular flexibility index (Phi) is 4.84. The smallest absolute Gasteiger partial charge is 0.151 e. The molecule has 6 heteroatoms. The molecule has 0 saturated carbocycles. The number of hydrogen-bond donors (Lipinski definition) is 2. The Morgan fingerprint density at radius 1 is 0.905 bits per heavy atom. The predicted molar refractivity (Wildman–Crippen MR) is 93.8 cm³/mol. The second-order valence-corrected chi connectivity index (χ2v) is 7.49. The lowest BCUT2D eigenvalue weighted by atomic mass is 9.78. The Balaban J connectivity index is 2.73. The molecule has 0 aromatic heterocycles. The van der Waals surface area contributed by atoms with Crippen LogP contribution in [0.2, 0.25) is 10.0 Å².